The summed E-state index contributed by atoms with van der Waals surface area (Å²) in [5.74, 6) is 1.70. The second-order valence-corrected chi connectivity index (χ2v) is 8.22. The van der Waals surface area contributed by atoms with Gasteiger partial charge < -0.3 is 19.9 Å². The first-order valence-electron chi connectivity index (χ1n) is 10.2. The zero-order valence-corrected chi connectivity index (χ0v) is 17.0. The van der Waals surface area contributed by atoms with E-state index in [0.29, 0.717) is 5.92 Å². The van der Waals surface area contributed by atoms with Crippen LogP contribution in [0.2, 0.25) is 0 Å². The zero-order valence-electron chi connectivity index (χ0n) is 17.0. The Morgan fingerprint density at radius 1 is 1.22 bits per heavy atom. The van der Waals surface area contributed by atoms with E-state index in [-0.39, 0.29) is 11.9 Å². The van der Waals surface area contributed by atoms with Gasteiger partial charge in [0.2, 0.25) is 5.91 Å². The van der Waals surface area contributed by atoms with Crippen LogP contribution in [0.5, 0.6) is 5.75 Å². The molecule has 1 aromatic rings. The molecular formula is C21H34N4O2. The summed E-state index contributed by atoms with van der Waals surface area (Å²) in [6.45, 7) is 12.1. The van der Waals surface area contributed by atoms with Crippen molar-refractivity contribution in [3.63, 3.8) is 0 Å². The maximum absolute atomic E-state index is 12.9. The van der Waals surface area contributed by atoms with E-state index in [1.54, 1.807) is 0 Å². The average Bonchev–Trinajstić information content (AvgIpc) is 2.67. The smallest absolute Gasteiger partial charge is 0.241 e. The minimum absolute atomic E-state index is 0.0949. The molecule has 0 spiro atoms. The molecule has 1 aromatic carbocycles. The van der Waals surface area contributed by atoms with E-state index < -0.39 is 0 Å². The van der Waals surface area contributed by atoms with Crippen molar-refractivity contribution in [2.75, 3.05) is 59.5 Å². The van der Waals surface area contributed by atoms with Crippen molar-refractivity contribution >= 4 is 5.91 Å². The number of likely N-dealkylation sites (N-methyl/N-ethyl adjacent to an activating group) is 1. The molecule has 2 aliphatic rings. The van der Waals surface area contributed by atoms with Gasteiger partial charge in [-0.25, -0.2) is 0 Å². The number of amides is 1. The van der Waals surface area contributed by atoms with Crippen molar-refractivity contribution < 1.29 is 9.53 Å². The number of rotatable bonds is 6. The number of piperazine rings is 2. The minimum atomic E-state index is -0.0949. The Kier molecular flexibility index (Phi) is 7.10. The first-order chi connectivity index (χ1) is 13.0. The third-order valence-electron chi connectivity index (χ3n) is 5.26. The Morgan fingerprint density at radius 2 is 2.00 bits per heavy atom. The number of hydrogen-bond donors (Lipinski definition) is 1. The average molecular weight is 375 g/mol. The van der Waals surface area contributed by atoms with Gasteiger partial charge in [-0.2, -0.15) is 0 Å². The molecule has 6 heteroatoms. The number of benzene rings is 1. The van der Waals surface area contributed by atoms with Gasteiger partial charge in [0.1, 0.15) is 5.75 Å². The summed E-state index contributed by atoms with van der Waals surface area (Å²) >= 11 is 0. The molecular weight excluding hydrogens is 340 g/mol. The summed E-state index contributed by atoms with van der Waals surface area (Å²) < 4.78 is 5.85. The second-order valence-electron chi connectivity index (χ2n) is 8.22. The quantitative estimate of drug-likeness (QED) is 0.813. The number of nitrogens with zero attached hydrogens (tertiary/aromatic N) is 3. The van der Waals surface area contributed by atoms with E-state index in [1.165, 1.54) is 5.56 Å². The molecule has 0 bridgehead atoms. The van der Waals surface area contributed by atoms with Gasteiger partial charge >= 0.3 is 0 Å². The molecule has 2 saturated heterocycles. The molecule has 1 N–H and O–H groups in total. The van der Waals surface area contributed by atoms with Crippen molar-refractivity contribution in [1.29, 1.82) is 0 Å². The lowest BCUT2D eigenvalue weighted by Gasteiger charge is -2.38. The molecule has 1 atom stereocenters. The van der Waals surface area contributed by atoms with E-state index in [9.17, 15) is 4.79 Å². The Hall–Kier alpha value is -1.63. The van der Waals surface area contributed by atoms with Crippen molar-refractivity contribution in [1.82, 2.24) is 20.0 Å². The fourth-order valence-corrected chi connectivity index (χ4v) is 3.62. The van der Waals surface area contributed by atoms with Crippen molar-refractivity contribution in [3.05, 3.63) is 29.8 Å². The number of carbonyl (C=O) groups excluding carboxylic acids is 1. The van der Waals surface area contributed by atoms with Crippen LogP contribution in [0.1, 0.15) is 19.4 Å². The highest BCUT2D eigenvalue weighted by Gasteiger charge is 2.30. The first-order valence-corrected chi connectivity index (χ1v) is 10.2. The Labute approximate surface area is 163 Å². The van der Waals surface area contributed by atoms with Gasteiger partial charge in [0.05, 0.1) is 12.6 Å². The van der Waals surface area contributed by atoms with E-state index in [2.05, 4.69) is 54.2 Å². The van der Waals surface area contributed by atoms with Crippen molar-refractivity contribution in [2.45, 2.75) is 26.4 Å². The summed E-state index contributed by atoms with van der Waals surface area (Å²) in [5.41, 5.74) is 1.24. The largest absolute Gasteiger partial charge is 0.493 e. The van der Waals surface area contributed by atoms with Gasteiger partial charge in [-0.05, 0) is 30.7 Å². The standard InChI is InChI=1S/C21H34N4O2/c1-17(2)16-27-19-6-4-5-18(13-19)14-24-8-7-22-20(15-24)21(26)25-11-9-23(3)10-12-25/h4-6,13,17,20,22H,7-12,14-16H2,1-3H3/t20-/m1/s1. The fraction of sp³-hybridized carbons (Fsp3) is 0.667. The molecule has 150 valence electrons. The lowest BCUT2D eigenvalue weighted by molar-refractivity contribution is -0.136. The molecule has 0 saturated carbocycles. The fourth-order valence-electron chi connectivity index (χ4n) is 3.62. The van der Waals surface area contributed by atoms with E-state index >= 15 is 0 Å². The highest BCUT2D eigenvalue weighted by atomic mass is 16.5. The summed E-state index contributed by atoms with van der Waals surface area (Å²) in [4.78, 5) is 19.5. The molecule has 6 nitrogen and oxygen atoms in total. The lowest BCUT2D eigenvalue weighted by Crippen LogP contribution is -2.59. The van der Waals surface area contributed by atoms with Gasteiger partial charge in [0.25, 0.3) is 0 Å². The van der Waals surface area contributed by atoms with Crippen LogP contribution in [0.25, 0.3) is 0 Å². The molecule has 0 unspecified atom stereocenters. The monoisotopic (exact) mass is 374 g/mol. The minimum Gasteiger partial charge on any atom is -0.493 e. The van der Waals surface area contributed by atoms with Crippen LogP contribution in [0.15, 0.2) is 24.3 Å². The Bertz CT molecular complexity index is 614. The van der Waals surface area contributed by atoms with Gasteiger partial charge in [-0.1, -0.05) is 26.0 Å². The number of nitrogens with one attached hydrogen (secondary N) is 1. The predicted molar refractivity (Wildman–Crippen MR) is 108 cm³/mol. The predicted octanol–water partition coefficient (Wildman–Crippen LogP) is 1.27. The summed E-state index contributed by atoms with van der Waals surface area (Å²) in [7, 11) is 2.11. The van der Waals surface area contributed by atoms with Crippen LogP contribution in [0.3, 0.4) is 0 Å². The Morgan fingerprint density at radius 3 is 2.74 bits per heavy atom. The highest BCUT2D eigenvalue weighted by molar-refractivity contribution is 5.82. The maximum Gasteiger partial charge on any atom is 0.241 e. The molecule has 27 heavy (non-hydrogen) atoms. The molecule has 3 rings (SSSR count). The molecule has 1 amide bonds. The van der Waals surface area contributed by atoms with E-state index in [4.69, 9.17) is 4.74 Å². The molecule has 2 aliphatic heterocycles. The summed E-state index contributed by atoms with van der Waals surface area (Å²) in [6, 6.07) is 8.25. The van der Waals surface area contributed by atoms with E-state index in [1.807, 2.05) is 11.0 Å². The van der Waals surface area contributed by atoms with Crippen molar-refractivity contribution in [3.8, 4) is 5.75 Å². The SMILES string of the molecule is CC(C)COc1cccc(CN2CCN[C@@H](C(=O)N3CCN(C)CC3)C2)c1. The van der Waals surface area contributed by atoms with Gasteiger partial charge in [-0.3, -0.25) is 9.69 Å². The third-order valence-corrected chi connectivity index (χ3v) is 5.26. The van der Waals surface area contributed by atoms with Crippen LogP contribution in [-0.4, -0.2) is 86.1 Å². The van der Waals surface area contributed by atoms with E-state index in [0.717, 1.165) is 64.7 Å². The normalized spacial score (nSPS) is 22.2. The highest BCUT2D eigenvalue weighted by Crippen LogP contribution is 2.17. The van der Waals surface area contributed by atoms with Crippen LogP contribution in [-0.2, 0) is 11.3 Å². The second kappa shape index (κ2) is 9.53. The zero-order chi connectivity index (χ0) is 19.2. The number of carbonyl (C=O) groups is 1. The van der Waals surface area contributed by atoms with Gasteiger partial charge in [-0.15, -0.1) is 0 Å². The topological polar surface area (TPSA) is 48.1 Å². The Balaban J connectivity index is 1.53. The number of hydrogen-bond acceptors (Lipinski definition) is 5. The third kappa shape index (κ3) is 5.92. The molecule has 2 fully saturated rings. The maximum atomic E-state index is 12.9. The molecule has 0 aliphatic carbocycles. The summed E-state index contributed by atoms with van der Waals surface area (Å²) in [5, 5.41) is 3.42. The van der Waals surface area contributed by atoms with Crippen LogP contribution in [0, 0.1) is 5.92 Å². The first kappa shape index (κ1) is 20.1. The van der Waals surface area contributed by atoms with Gasteiger partial charge in [0, 0.05) is 52.4 Å². The van der Waals surface area contributed by atoms with Gasteiger partial charge in [0.15, 0.2) is 0 Å². The molecule has 0 aromatic heterocycles. The summed E-state index contributed by atoms with van der Waals surface area (Å²) in [6.07, 6.45) is 0. The van der Waals surface area contributed by atoms with Crippen LogP contribution in [0.4, 0.5) is 0 Å². The van der Waals surface area contributed by atoms with Crippen LogP contribution < -0.4 is 10.1 Å². The van der Waals surface area contributed by atoms with Crippen molar-refractivity contribution in [2.24, 2.45) is 5.92 Å². The number of ether oxygens (including phenoxy) is 1. The van der Waals surface area contributed by atoms with Crippen LogP contribution >= 0.6 is 0 Å². The molecule has 2 heterocycles. The molecule has 0 radical (unpaired) electrons. The lowest BCUT2D eigenvalue weighted by atomic mass is 10.1.